The van der Waals surface area contributed by atoms with E-state index in [9.17, 15) is 97.3 Å². The molecule has 0 aromatic heterocycles. The second-order valence-corrected chi connectivity index (χ2v) is 7.44. The molecule has 0 bridgehead atoms. The van der Waals surface area contributed by atoms with Crippen LogP contribution in [0.4, 0.5) is 92.2 Å². The Hall–Kier alpha value is -2.29. The van der Waals surface area contributed by atoms with Gasteiger partial charge in [-0.05, 0) is 24.1 Å². The number of halogens is 21. The third-order valence-electron chi connectivity index (χ3n) is 4.89. The highest BCUT2D eigenvalue weighted by Gasteiger charge is 2.78. The molecule has 0 aliphatic rings. The van der Waals surface area contributed by atoms with Crippen LogP contribution >= 0.6 is 0 Å². The van der Waals surface area contributed by atoms with Crippen molar-refractivity contribution in [1.29, 1.82) is 0 Å². The largest absolute Gasteiger partial charge is 0.460 e. The lowest BCUT2D eigenvalue weighted by Gasteiger charge is -2.35. The fourth-order valence-electron chi connectivity index (χ4n) is 2.84. The molecular weight excluding hydrogens is 619 g/mol. The zero-order valence-corrected chi connectivity index (χ0v) is 17.4. The van der Waals surface area contributed by atoms with Crippen LogP contribution in [0.5, 0.6) is 0 Å². The summed E-state index contributed by atoms with van der Waals surface area (Å²) in [5.41, 5.74) is -14.4. The second-order valence-electron chi connectivity index (χ2n) is 7.44. The molecule has 1 nitrogen and oxygen atoms in total. The van der Waals surface area contributed by atoms with E-state index in [4.69, 9.17) is 0 Å². The Balaban J connectivity index is 4.51. The van der Waals surface area contributed by atoms with Crippen molar-refractivity contribution in [1.82, 2.24) is 0 Å². The van der Waals surface area contributed by atoms with Crippen molar-refractivity contribution < 1.29 is 97.3 Å². The Morgan fingerprint density at radius 3 is 0.923 bits per heavy atom. The van der Waals surface area contributed by atoms with Gasteiger partial charge in [-0.25, -0.2) is 5.11 Å². The van der Waals surface area contributed by atoms with Gasteiger partial charge in [0, 0.05) is 16.7 Å². The number of benzene rings is 1. The molecule has 0 aliphatic heterocycles. The number of hydrogen-bond donors (Lipinski definition) is 0. The molecule has 0 saturated heterocycles. The van der Waals surface area contributed by atoms with Gasteiger partial charge in [-0.1, -0.05) is 0 Å². The smallest absolute Gasteiger partial charge is 0.236 e. The van der Waals surface area contributed by atoms with Gasteiger partial charge in [0.1, 0.15) is 0 Å². The lowest BCUT2D eigenvalue weighted by atomic mass is 9.83. The van der Waals surface area contributed by atoms with E-state index in [0.29, 0.717) is 0 Å². The zero-order valence-electron chi connectivity index (χ0n) is 17.4. The highest BCUT2D eigenvalue weighted by molar-refractivity contribution is 5.48. The Bertz CT molecular complexity index is 983. The van der Waals surface area contributed by atoms with Gasteiger partial charge in [0.15, 0.2) is 0 Å². The van der Waals surface area contributed by atoms with Crippen LogP contribution in [0.2, 0.25) is 0 Å². The molecule has 0 fully saturated rings. The highest BCUT2D eigenvalue weighted by Crippen LogP contribution is 2.59. The first-order chi connectivity index (χ1) is 16.8. The maximum Gasteiger partial charge on any atom is 0.460 e. The van der Waals surface area contributed by atoms with E-state index in [1.807, 2.05) is 0 Å². The molecule has 1 radical (unpaired) electrons. The van der Waals surface area contributed by atoms with Crippen molar-refractivity contribution >= 4 is 0 Å². The van der Waals surface area contributed by atoms with Crippen molar-refractivity contribution in [2.75, 3.05) is 6.61 Å². The molecule has 0 N–H and O–H groups in total. The zero-order chi connectivity index (χ0) is 31.6. The molecule has 0 amide bonds. The van der Waals surface area contributed by atoms with Crippen molar-refractivity contribution in [3.8, 4) is 0 Å². The summed E-state index contributed by atoms with van der Waals surface area (Å²) in [6, 6.07) is -3.59. The topological polar surface area (TPSA) is 19.9 Å². The number of alkyl halides is 21. The van der Waals surface area contributed by atoms with Gasteiger partial charge in [0.05, 0.1) is 6.61 Å². The predicted molar refractivity (Wildman–Crippen MR) is 80.4 cm³/mol. The maximum absolute atomic E-state index is 14.3. The Morgan fingerprint density at radius 2 is 0.692 bits per heavy atom. The van der Waals surface area contributed by atoms with Crippen LogP contribution in [0.15, 0.2) is 12.1 Å². The Kier molecular flexibility index (Phi) is 8.36. The first-order valence-corrected chi connectivity index (χ1v) is 9.02. The summed E-state index contributed by atoms with van der Waals surface area (Å²) >= 11 is 0. The van der Waals surface area contributed by atoms with Gasteiger partial charge in [0.25, 0.3) is 0 Å². The van der Waals surface area contributed by atoms with E-state index >= 15 is 0 Å². The normalized spacial score (nSPS) is 15.6. The average molecular weight is 625 g/mol. The van der Waals surface area contributed by atoms with E-state index < -0.39 is 101 Å². The summed E-state index contributed by atoms with van der Waals surface area (Å²) < 4.78 is 279. The van der Waals surface area contributed by atoms with Crippen molar-refractivity contribution in [3.63, 3.8) is 0 Å². The van der Waals surface area contributed by atoms with Crippen molar-refractivity contribution in [3.05, 3.63) is 34.4 Å². The molecule has 1 rings (SSSR count). The summed E-state index contributed by atoms with van der Waals surface area (Å²) in [6.07, 6.45) is -25.0. The molecule has 0 spiro atoms. The van der Waals surface area contributed by atoms with E-state index in [0.717, 1.165) is 0 Å². The van der Waals surface area contributed by atoms with Gasteiger partial charge in [0.2, 0.25) is 0 Å². The lowest BCUT2D eigenvalue weighted by Crippen LogP contribution is -2.53. The molecule has 0 atom stereocenters. The van der Waals surface area contributed by atoms with Crippen LogP contribution in [0.25, 0.3) is 0 Å². The monoisotopic (exact) mass is 625 g/mol. The summed E-state index contributed by atoms with van der Waals surface area (Å²) in [6.45, 7) is -2.32. The van der Waals surface area contributed by atoms with Crippen LogP contribution < -0.4 is 0 Å². The van der Waals surface area contributed by atoms with Gasteiger partial charge >= 0.3 is 54.1 Å². The Morgan fingerprint density at radius 1 is 0.436 bits per heavy atom. The first-order valence-electron chi connectivity index (χ1n) is 9.02. The van der Waals surface area contributed by atoms with Crippen LogP contribution in [-0.2, 0) is 29.3 Å². The molecule has 0 heterocycles. The molecule has 39 heavy (non-hydrogen) atoms. The average Bonchev–Trinajstić information content (AvgIpc) is 2.70. The maximum atomic E-state index is 14.3. The summed E-state index contributed by atoms with van der Waals surface area (Å²) in [5.74, 6) is -44.8. The van der Waals surface area contributed by atoms with E-state index in [2.05, 4.69) is 0 Å². The minimum atomic E-state index is -7.66. The minimum absolute atomic E-state index is 1.80. The molecule has 0 aliphatic carbocycles. The molecule has 1 aromatic rings. The van der Waals surface area contributed by atoms with Gasteiger partial charge in [-0.3, -0.25) is 0 Å². The molecule has 227 valence electrons. The third kappa shape index (κ3) is 5.16. The fourth-order valence-corrected chi connectivity index (χ4v) is 2.84. The molecule has 0 unspecified atom stereocenters. The number of rotatable bonds is 8. The van der Waals surface area contributed by atoms with Gasteiger partial charge in [-0.2, -0.15) is 92.2 Å². The highest BCUT2D eigenvalue weighted by atomic mass is 19.4. The lowest BCUT2D eigenvalue weighted by molar-refractivity contribution is -0.362. The molecule has 1 aromatic carbocycles. The van der Waals surface area contributed by atoms with Crippen molar-refractivity contribution in [2.24, 2.45) is 0 Å². The van der Waals surface area contributed by atoms with E-state index in [1.54, 1.807) is 0 Å². The van der Waals surface area contributed by atoms with Crippen LogP contribution in [0.1, 0.15) is 22.3 Å². The molecular formula is C17H6F21O. The van der Waals surface area contributed by atoms with E-state index in [1.165, 1.54) is 0 Å². The standard InChI is InChI=1S/C17H6F21O/c18-9(19,12(24,25)15(30,31)32)5-3-7(10(20,21)13(26,27)16(33,34)35)6(1-2-39)8(4-5)11(22,23)14(28,29)17(36,37)38/h3-4H,1-2H2. The SMILES string of the molecule is [O]CCc1c(C(F)(F)C(F)(F)C(F)(F)F)cc(C(F)(F)C(F)(F)C(F)(F)F)cc1C(F)(F)C(F)(F)C(F)(F)F. The summed E-state index contributed by atoms with van der Waals surface area (Å²) in [4.78, 5) is 0. The molecule has 22 heteroatoms. The first kappa shape index (κ1) is 34.7. The fraction of sp³-hybridized carbons (Fsp3) is 0.647. The van der Waals surface area contributed by atoms with E-state index in [-0.39, 0.29) is 0 Å². The predicted octanol–water partition coefficient (Wildman–Crippen LogP) is 8.53. The molecule has 0 saturated carbocycles. The third-order valence-corrected chi connectivity index (χ3v) is 4.89. The van der Waals surface area contributed by atoms with Crippen LogP contribution in [0, 0.1) is 0 Å². The van der Waals surface area contributed by atoms with Crippen molar-refractivity contribution in [2.45, 2.75) is 60.5 Å². The minimum Gasteiger partial charge on any atom is -0.236 e. The van der Waals surface area contributed by atoms with Gasteiger partial charge < -0.3 is 0 Å². The Labute approximate surface area is 200 Å². The summed E-state index contributed by atoms with van der Waals surface area (Å²) in [5, 5.41) is 10.8. The second kappa shape index (κ2) is 9.38. The van der Waals surface area contributed by atoms with Gasteiger partial charge in [-0.15, -0.1) is 0 Å². The summed E-state index contributed by atoms with van der Waals surface area (Å²) in [7, 11) is 0. The van der Waals surface area contributed by atoms with Crippen LogP contribution in [0.3, 0.4) is 0 Å². The quantitative estimate of drug-likeness (QED) is 0.258. The van der Waals surface area contributed by atoms with Crippen LogP contribution in [-0.4, -0.2) is 42.9 Å². The number of hydrogen-bond acceptors (Lipinski definition) is 0.